The molecular weight excluding hydrogens is 526 g/mol. The zero-order valence-electron chi connectivity index (χ0n) is 22.1. The Hall–Kier alpha value is -4.41. The van der Waals surface area contributed by atoms with Crippen LogP contribution in [0.25, 0.3) is 10.8 Å². The van der Waals surface area contributed by atoms with Crippen molar-refractivity contribution in [1.29, 1.82) is 0 Å². The van der Waals surface area contributed by atoms with E-state index in [0.717, 1.165) is 16.3 Å². The van der Waals surface area contributed by atoms with Gasteiger partial charge in [-0.2, -0.15) is 4.31 Å². The predicted octanol–water partition coefficient (Wildman–Crippen LogP) is 3.86. The van der Waals surface area contributed by atoms with Gasteiger partial charge < -0.3 is 21.1 Å². The van der Waals surface area contributed by atoms with Crippen LogP contribution in [0, 0.1) is 0 Å². The summed E-state index contributed by atoms with van der Waals surface area (Å²) in [6, 6.07) is 26.5. The maximum Gasteiger partial charge on any atom is 0.253 e. The van der Waals surface area contributed by atoms with Gasteiger partial charge in [0.1, 0.15) is 5.75 Å². The van der Waals surface area contributed by atoms with Crippen LogP contribution in [0.2, 0.25) is 0 Å². The number of methoxy groups -OCH3 is 1. The fourth-order valence-electron chi connectivity index (χ4n) is 4.97. The maximum absolute atomic E-state index is 14.2. The molecule has 1 atom stereocenters. The lowest BCUT2D eigenvalue weighted by molar-refractivity contribution is 0.0784. The molecule has 0 radical (unpaired) electrons. The molecule has 1 unspecified atom stereocenters. The van der Waals surface area contributed by atoms with E-state index in [4.69, 9.17) is 16.2 Å². The topological polar surface area (TPSA) is 131 Å². The minimum absolute atomic E-state index is 0.0632. The zero-order valence-corrected chi connectivity index (χ0v) is 22.9. The van der Waals surface area contributed by atoms with Crippen LogP contribution in [0.15, 0.2) is 101 Å². The summed E-state index contributed by atoms with van der Waals surface area (Å²) < 4.78 is 35.2. The number of carbonyl (C=O) groups excluding carboxylic acids is 1. The van der Waals surface area contributed by atoms with Crippen LogP contribution in [0.3, 0.4) is 0 Å². The first-order valence-corrected chi connectivity index (χ1v) is 14.3. The van der Waals surface area contributed by atoms with Gasteiger partial charge in [-0.05, 0) is 71.3 Å². The van der Waals surface area contributed by atoms with E-state index in [0.29, 0.717) is 30.0 Å². The second kappa shape index (κ2) is 11.4. The van der Waals surface area contributed by atoms with Crippen molar-refractivity contribution in [3.8, 4) is 5.75 Å². The Morgan fingerprint density at radius 3 is 2.40 bits per heavy atom. The lowest BCUT2D eigenvalue weighted by Crippen LogP contribution is -2.42. The third kappa shape index (κ3) is 5.78. The molecule has 4 N–H and O–H groups in total. The van der Waals surface area contributed by atoms with Crippen LogP contribution in [-0.2, 0) is 16.6 Å². The van der Waals surface area contributed by atoms with Crippen molar-refractivity contribution in [1.82, 2.24) is 9.21 Å². The molecule has 4 aromatic rings. The van der Waals surface area contributed by atoms with E-state index in [-0.39, 0.29) is 29.9 Å². The number of benzene rings is 4. The Morgan fingerprint density at radius 2 is 1.70 bits per heavy atom. The van der Waals surface area contributed by atoms with E-state index in [1.54, 1.807) is 54.5 Å². The second-order valence-electron chi connectivity index (χ2n) is 9.69. The van der Waals surface area contributed by atoms with E-state index in [9.17, 15) is 13.2 Å². The Morgan fingerprint density at radius 1 is 0.975 bits per heavy atom. The van der Waals surface area contributed by atoms with Gasteiger partial charge in [0.25, 0.3) is 5.91 Å². The first kappa shape index (κ1) is 27.2. The highest BCUT2D eigenvalue weighted by Crippen LogP contribution is 2.30. The van der Waals surface area contributed by atoms with Gasteiger partial charge in [0, 0.05) is 31.2 Å². The van der Waals surface area contributed by atoms with Crippen molar-refractivity contribution >= 4 is 38.3 Å². The van der Waals surface area contributed by atoms with Crippen LogP contribution in [-0.4, -0.2) is 55.7 Å². The smallest absolute Gasteiger partial charge is 0.253 e. The number of aliphatic imine (C=N–C) groups is 1. The van der Waals surface area contributed by atoms with Crippen molar-refractivity contribution in [2.24, 2.45) is 16.5 Å². The first-order valence-electron chi connectivity index (χ1n) is 12.9. The van der Waals surface area contributed by atoms with Crippen molar-refractivity contribution in [3.63, 3.8) is 0 Å². The average Bonchev–Trinajstić information content (AvgIpc) is 3.45. The van der Waals surface area contributed by atoms with Gasteiger partial charge in [0.2, 0.25) is 10.0 Å². The molecule has 1 aliphatic rings. The summed E-state index contributed by atoms with van der Waals surface area (Å²) >= 11 is 0. The molecule has 5 rings (SSSR count). The van der Waals surface area contributed by atoms with E-state index >= 15 is 0 Å². The number of likely N-dealkylation sites (tertiary alicyclic amines) is 1. The second-order valence-corrected chi connectivity index (χ2v) is 11.6. The number of nitrogens with zero attached hydrogens (tertiary/aromatic N) is 3. The lowest BCUT2D eigenvalue weighted by atomic mass is 10.1. The Labute approximate surface area is 233 Å². The van der Waals surface area contributed by atoms with Gasteiger partial charge in [-0.1, -0.05) is 42.5 Å². The highest BCUT2D eigenvalue weighted by Gasteiger charge is 2.37. The van der Waals surface area contributed by atoms with Crippen LogP contribution in [0.4, 0.5) is 5.69 Å². The Kier molecular flexibility index (Phi) is 7.72. The molecule has 0 bridgehead atoms. The van der Waals surface area contributed by atoms with Crippen molar-refractivity contribution in [2.75, 3.05) is 20.2 Å². The van der Waals surface area contributed by atoms with Crippen LogP contribution < -0.4 is 16.2 Å². The van der Waals surface area contributed by atoms with Gasteiger partial charge in [-0.3, -0.25) is 4.79 Å². The summed E-state index contributed by atoms with van der Waals surface area (Å²) in [5, 5.41) is 1.69. The van der Waals surface area contributed by atoms with Crippen molar-refractivity contribution in [2.45, 2.75) is 23.9 Å². The summed E-state index contributed by atoms with van der Waals surface area (Å²) in [7, 11) is -2.33. The fraction of sp³-hybridized carbons (Fsp3) is 0.200. The summed E-state index contributed by atoms with van der Waals surface area (Å²) in [6.45, 7) is 0.913. The van der Waals surface area contributed by atoms with E-state index < -0.39 is 16.1 Å². The molecule has 0 saturated carbocycles. The quantitative estimate of drug-likeness (QED) is 0.250. The molecule has 1 saturated heterocycles. The summed E-state index contributed by atoms with van der Waals surface area (Å²) in [4.78, 5) is 19.2. The van der Waals surface area contributed by atoms with Gasteiger partial charge in [0.05, 0.1) is 17.7 Å². The number of hydrogen-bond donors (Lipinski definition) is 2. The monoisotopic (exact) mass is 557 g/mol. The number of guanidine groups is 1. The van der Waals surface area contributed by atoms with Crippen molar-refractivity contribution < 1.29 is 17.9 Å². The molecule has 9 nitrogen and oxygen atoms in total. The third-order valence-electron chi connectivity index (χ3n) is 7.04. The average molecular weight is 558 g/mol. The van der Waals surface area contributed by atoms with E-state index in [1.165, 1.54) is 4.31 Å². The molecule has 1 amide bonds. The number of nitrogens with two attached hydrogens (primary N) is 2. The number of hydrogen-bond acceptors (Lipinski definition) is 5. The number of fused-ring (bicyclic) bond motifs is 1. The van der Waals surface area contributed by atoms with Crippen LogP contribution >= 0.6 is 0 Å². The summed E-state index contributed by atoms with van der Waals surface area (Å²) in [5.74, 6) is 0.416. The minimum atomic E-state index is -3.91. The number of sulfonamides is 1. The van der Waals surface area contributed by atoms with Gasteiger partial charge >= 0.3 is 0 Å². The molecule has 10 heteroatoms. The SMILES string of the molecule is COc1ccc2ccc(S(=O)(=O)N(Cc3ccccc3)C3CCN(C(=O)c4ccc(N=C(N)N)cc4)C3)cc2c1. The van der Waals surface area contributed by atoms with E-state index in [1.807, 2.05) is 48.5 Å². The van der Waals surface area contributed by atoms with Crippen molar-refractivity contribution in [3.05, 3.63) is 102 Å². The van der Waals surface area contributed by atoms with Crippen LogP contribution in [0.1, 0.15) is 22.3 Å². The number of rotatable bonds is 8. The maximum atomic E-state index is 14.2. The summed E-state index contributed by atoms with van der Waals surface area (Å²) in [6.07, 6.45) is 0.519. The third-order valence-corrected chi connectivity index (χ3v) is 8.93. The molecule has 1 aliphatic heterocycles. The van der Waals surface area contributed by atoms with Crippen LogP contribution in [0.5, 0.6) is 5.75 Å². The Balaban J connectivity index is 1.43. The molecule has 1 fully saturated rings. The fourth-order valence-corrected chi connectivity index (χ4v) is 6.64. The van der Waals surface area contributed by atoms with Gasteiger partial charge in [-0.25, -0.2) is 13.4 Å². The number of carbonyl (C=O) groups is 1. The molecule has 1 heterocycles. The first-order chi connectivity index (χ1) is 19.2. The highest BCUT2D eigenvalue weighted by atomic mass is 32.2. The molecule has 206 valence electrons. The standard InChI is InChI=1S/C30H31N5O4S/c1-39-27-13-9-22-10-14-28(18-24(22)17-27)40(37,38)35(19-21-5-3-2-4-6-21)26-15-16-34(20-26)29(36)23-7-11-25(12-8-23)33-30(31)32/h2-14,17-18,26H,15-16,19-20H2,1H3,(H4,31,32,33). The predicted molar refractivity (Wildman–Crippen MR) is 156 cm³/mol. The number of amides is 1. The Bertz CT molecular complexity index is 1650. The molecule has 4 aromatic carbocycles. The normalized spacial score (nSPS) is 15.3. The van der Waals surface area contributed by atoms with Gasteiger partial charge in [0.15, 0.2) is 5.96 Å². The molecule has 40 heavy (non-hydrogen) atoms. The van der Waals surface area contributed by atoms with Gasteiger partial charge in [-0.15, -0.1) is 0 Å². The zero-order chi connectivity index (χ0) is 28.3. The molecule has 0 aromatic heterocycles. The minimum Gasteiger partial charge on any atom is -0.497 e. The lowest BCUT2D eigenvalue weighted by Gasteiger charge is -2.28. The van der Waals surface area contributed by atoms with E-state index in [2.05, 4.69) is 4.99 Å². The largest absolute Gasteiger partial charge is 0.497 e. The highest BCUT2D eigenvalue weighted by molar-refractivity contribution is 7.89. The molecule has 0 aliphatic carbocycles. The number of ether oxygens (including phenoxy) is 1. The molecular formula is C30H31N5O4S. The molecule has 0 spiro atoms. The summed E-state index contributed by atoms with van der Waals surface area (Å²) in [5.41, 5.74) is 12.8.